The predicted molar refractivity (Wildman–Crippen MR) is 104 cm³/mol. The van der Waals surface area contributed by atoms with Gasteiger partial charge in [0, 0.05) is 31.9 Å². The Bertz CT molecular complexity index is 685. The quantitative estimate of drug-likeness (QED) is 0.781. The van der Waals surface area contributed by atoms with Crippen molar-refractivity contribution in [3.8, 4) is 0 Å². The van der Waals surface area contributed by atoms with Crippen molar-refractivity contribution in [2.75, 3.05) is 38.0 Å². The van der Waals surface area contributed by atoms with Gasteiger partial charge in [0.25, 0.3) is 0 Å². The van der Waals surface area contributed by atoms with E-state index in [2.05, 4.69) is 27.3 Å². The van der Waals surface area contributed by atoms with Crippen LogP contribution in [-0.2, 0) is 4.79 Å². The summed E-state index contributed by atoms with van der Waals surface area (Å²) in [5.74, 6) is 0.188. The Balaban J connectivity index is 1.53. The maximum atomic E-state index is 12.6. The fourth-order valence-corrected chi connectivity index (χ4v) is 4.70. The zero-order chi connectivity index (χ0) is 17.6. The maximum absolute atomic E-state index is 12.6. The highest BCUT2D eigenvalue weighted by Crippen LogP contribution is 2.31. The van der Waals surface area contributed by atoms with Gasteiger partial charge in [0.05, 0.1) is 5.25 Å². The van der Waals surface area contributed by atoms with E-state index in [1.54, 1.807) is 0 Å². The van der Waals surface area contributed by atoms with Gasteiger partial charge >= 0.3 is 0 Å². The van der Waals surface area contributed by atoms with Crippen molar-refractivity contribution in [3.05, 3.63) is 30.3 Å². The zero-order valence-electron chi connectivity index (χ0n) is 14.5. The molecule has 25 heavy (non-hydrogen) atoms. The van der Waals surface area contributed by atoms with Gasteiger partial charge in [-0.2, -0.15) is 0 Å². The second kappa shape index (κ2) is 8.64. The summed E-state index contributed by atoms with van der Waals surface area (Å²) >= 11 is 2.96. The standard InChI is InChI=1S/C17H23N5OS2/c1-3-21-9-11-22(12-10-21)15(23)13(2)24-17-20-19-16(25-17)18-14-7-5-4-6-8-14/h4-8,13H,3,9-12H2,1-2H3,(H,18,19). The summed E-state index contributed by atoms with van der Waals surface area (Å²) in [6.07, 6.45) is 0. The van der Waals surface area contributed by atoms with Crippen LogP contribution in [0.15, 0.2) is 34.7 Å². The van der Waals surface area contributed by atoms with E-state index in [1.165, 1.54) is 23.1 Å². The number of anilines is 2. The number of nitrogens with one attached hydrogen (secondary N) is 1. The molecule has 1 aliphatic rings. The Morgan fingerprint density at radius 2 is 1.96 bits per heavy atom. The molecule has 1 aromatic heterocycles. The molecule has 8 heteroatoms. The van der Waals surface area contributed by atoms with Crippen LogP contribution in [0.25, 0.3) is 0 Å². The number of thioether (sulfide) groups is 1. The van der Waals surface area contributed by atoms with Gasteiger partial charge in [0.1, 0.15) is 0 Å². The van der Waals surface area contributed by atoms with Gasteiger partial charge in [0.15, 0.2) is 4.34 Å². The van der Waals surface area contributed by atoms with Crippen molar-refractivity contribution < 1.29 is 4.79 Å². The fourth-order valence-electron chi connectivity index (χ4n) is 2.70. The summed E-state index contributed by atoms with van der Waals surface area (Å²) in [6.45, 7) is 8.71. The van der Waals surface area contributed by atoms with Crippen molar-refractivity contribution in [2.24, 2.45) is 0 Å². The molecule has 1 N–H and O–H groups in total. The highest BCUT2D eigenvalue weighted by molar-refractivity contribution is 8.02. The molecule has 1 aromatic carbocycles. The molecule has 0 saturated carbocycles. The fraction of sp³-hybridized carbons (Fsp3) is 0.471. The lowest BCUT2D eigenvalue weighted by molar-refractivity contribution is -0.132. The average molecular weight is 378 g/mol. The Morgan fingerprint density at radius 1 is 1.24 bits per heavy atom. The minimum Gasteiger partial charge on any atom is -0.339 e. The zero-order valence-corrected chi connectivity index (χ0v) is 16.1. The molecule has 2 aromatic rings. The summed E-state index contributed by atoms with van der Waals surface area (Å²) in [5.41, 5.74) is 0.980. The van der Waals surface area contributed by atoms with E-state index in [4.69, 9.17) is 0 Å². The van der Waals surface area contributed by atoms with Crippen molar-refractivity contribution >= 4 is 39.8 Å². The van der Waals surface area contributed by atoms with E-state index in [0.29, 0.717) is 0 Å². The van der Waals surface area contributed by atoms with Crippen molar-refractivity contribution in [2.45, 2.75) is 23.4 Å². The highest BCUT2D eigenvalue weighted by Gasteiger charge is 2.25. The van der Waals surface area contributed by atoms with Crippen LogP contribution in [0.4, 0.5) is 10.8 Å². The van der Waals surface area contributed by atoms with E-state index < -0.39 is 0 Å². The van der Waals surface area contributed by atoms with E-state index >= 15 is 0 Å². The maximum Gasteiger partial charge on any atom is 0.235 e. The van der Waals surface area contributed by atoms with Crippen LogP contribution in [0.2, 0.25) is 0 Å². The molecule has 0 spiro atoms. The molecule has 1 unspecified atom stereocenters. The molecule has 1 saturated heterocycles. The molecule has 3 rings (SSSR count). The Hall–Kier alpha value is -1.64. The van der Waals surface area contributed by atoms with Gasteiger partial charge < -0.3 is 15.1 Å². The van der Waals surface area contributed by atoms with Crippen molar-refractivity contribution in [3.63, 3.8) is 0 Å². The van der Waals surface area contributed by atoms with E-state index in [0.717, 1.165) is 47.9 Å². The van der Waals surface area contributed by atoms with Crippen molar-refractivity contribution in [1.29, 1.82) is 0 Å². The van der Waals surface area contributed by atoms with Gasteiger partial charge in [-0.15, -0.1) is 10.2 Å². The van der Waals surface area contributed by atoms with Crippen LogP contribution in [0, 0.1) is 0 Å². The predicted octanol–water partition coefficient (Wildman–Crippen LogP) is 2.93. The number of amides is 1. The monoisotopic (exact) mass is 377 g/mol. The van der Waals surface area contributed by atoms with Crippen LogP contribution < -0.4 is 5.32 Å². The summed E-state index contributed by atoms with van der Waals surface area (Å²) in [7, 11) is 0. The summed E-state index contributed by atoms with van der Waals surface area (Å²) in [4.78, 5) is 17.0. The number of carbonyl (C=O) groups excluding carboxylic acids is 1. The normalized spacial score (nSPS) is 16.6. The average Bonchev–Trinajstić information content (AvgIpc) is 3.08. The Labute approximate surface area is 156 Å². The third-order valence-electron chi connectivity index (χ3n) is 4.19. The van der Waals surface area contributed by atoms with Gasteiger partial charge in [-0.1, -0.05) is 48.2 Å². The second-order valence-corrected chi connectivity index (χ2v) is 8.45. The second-order valence-electron chi connectivity index (χ2n) is 5.88. The van der Waals surface area contributed by atoms with E-state index in [-0.39, 0.29) is 11.2 Å². The summed E-state index contributed by atoms with van der Waals surface area (Å²) in [5, 5.41) is 12.2. The molecule has 1 atom stereocenters. The minimum atomic E-state index is -0.147. The van der Waals surface area contributed by atoms with Crippen LogP contribution >= 0.6 is 23.1 Å². The van der Waals surface area contributed by atoms with Gasteiger partial charge in [-0.3, -0.25) is 4.79 Å². The number of hydrogen-bond acceptors (Lipinski definition) is 7. The van der Waals surface area contributed by atoms with Crippen LogP contribution in [0.3, 0.4) is 0 Å². The van der Waals surface area contributed by atoms with E-state index in [1.807, 2.05) is 42.2 Å². The molecule has 6 nitrogen and oxygen atoms in total. The van der Waals surface area contributed by atoms with Crippen LogP contribution in [0.5, 0.6) is 0 Å². The smallest absolute Gasteiger partial charge is 0.235 e. The molecule has 0 bridgehead atoms. The molecule has 0 aliphatic carbocycles. The molecule has 1 aliphatic heterocycles. The number of piperazine rings is 1. The van der Waals surface area contributed by atoms with Gasteiger partial charge in [0.2, 0.25) is 11.0 Å². The third-order valence-corrected chi connectivity index (χ3v) is 6.20. The number of benzene rings is 1. The lowest BCUT2D eigenvalue weighted by Crippen LogP contribution is -2.50. The lowest BCUT2D eigenvalue weighted by Gasteiger charge is -2.35. The number of likely N-dealkylation sites (N-methyl/N-ethyl adjacent to an activating group) is 1. The molecule has 134 valence electrons. The topological polar surface area (TPSA) is 61.4 Å². The SMILES string of the molecule is CCN1CCN(C(=O)C(C)Sc2nnc(Nc3ccccc3)s2)CC1. The number of aromatic nitrogens is 2. The summed E-state index contributed by atoms with van der Waals surface area (Å²) < 4.78 is 0.812. The Morgan fingerprint density at radius 3 is 2.64 bits per heavy atom. The van der Waals surface area contributed by atoms with Crippen LogP contribution in [-0.4, -0.2) is 63.9 Å². The lowest BCUT2D eigenvalue weighted by atomic mass is 10.3. The molecular weight excluding hydrogens is 354 g/mol. The number of rotatable bonds is 6. The summed E-state index contributed by atoms with van der Waals surface area (Å²) in [6, 6.07) is 9.88. The molecule has 1 fully saturated rings. The molecule has 1 amide bonds. The number of nitrogens with zero attached hydrogens (tertiary/aromatic N) is 4. The number of para-hydroxylation sites is 1. The minimum absolute atomic E-state index is 0.147. The molecule has 0 radical (unpaired) electrons. The highest BCUT2D eigenvalue weighted by atomic mass is 32.2. The third kappa shape index (κ3) is 4.93. The van der Waals surface area contributed by atoms with Crippen LogP contribution in [0.1, 0.15) is 13.8 Å². The van der Waals surface area contributed by atoms with Gasteiger partial charge in [-0.25, -0.2) is 0 Å². The first-order chi connectivity index (χ1) is 12.2. The largest absolute Gasteiger partial charge is 0.339 e. The first kappa shape index (κ1) is 18.2. The van der Waals surface area contributed by atoms with E-state index in [9.17, 15) is 4.79 Å². The van der Waals surface area contributed by atoms with Crippen molar-refractivity contribution in [1.82, 2.24) is 20.0 Å². The molecular formula is C17H23N5OS2. The first-order valence-electron chi connectivity index (χ1n) is 8.49. The Kier molecular flexibility index (Phi) is 6.28. The van der Waals surface area contributed by atoms with Gasteiger partial charge in [-0.05, 0) is 25.6 Å². The number of carbonyl (C=O) groups is 1. The molecule has 2 heterocycles. The number of hydrogen-bond donors (Lipinski definition) is 1. The first-order valence-corrected chi connectivity index (χ1v) is 10.2.